The average molecular weight is 622 g/mol. The average Bonchev–Trinajstić information content (AvgIpc) is 3.17. The predicted molar refractivity (Wildman–Crippen MR) is 191 cm³/mol. The lowest BCUT2D eigenvalue weighted by Gasteiger charge is -2.26. The fourth-order valence-electron chi connectivity index (χ4n) is 5.71. The minimum atomic E-state index is -0.717. The first-order valence-electron chi connectivity index (χ1n) is 15.7. The number of carbonyl (C=O) groups is 1. The second-order valence-corrected chi connectivity index (χ2v) is 11.2. The molecular formula is C43H31N3O2. The van der Waals surface area contributed by atoms with Crippen LogP contribution in [0, 0.1) is 0 Å². The van der Waals surface area contributed by atoms with E-state index in [1.807, 2.05) is 140 Å². The fraction of sp³-hybridized carbons (Fsp3) is 0. The van der Waals surface area contributed by atoms with Crippen molar-refractivity contribution in [2.45, 2.75) is 0 Å². The largest absolute Gasteiger partial charge is 0.841 e. The van der Waals surface area contributed by atoms with E-state index in [2.05, 4.69) is 12.1 Å². The van der Waals surface area contributed by atoms with Crippen molar-refractivity contribution in [1.29, 1.82) is 0 Å². The van der Waals surface area contributed by atoms with Crippen molar-refractivity contribution in [3.8, 4) is 44.8 Å². The Morgan fingerprint density at radius 3 is 1.29 bits per heavy atom. The van der Waals surface area contributed by atoms with Crippen LogP contribution in [0.4, 0.5) is 5.69 Å². The van der Waals surface area contributed by atoms with E-state index >= 15 is 0 Å². The van der Waals surface area contributed by atoms with Gasteiger partial charge in [-0.25, -0.2) is 0 Å². The van der Waals surface area contributed by atoms with Gasteiger partial charge in [0.2, 0.25) is 11.4 Å². The molecule has 5 heteroatoms. The zero-order valence-corrected chi connectivity index (χ0v) is 26.1. The Morgan fingerprint density at radius 2 is 0.833 bits per heavy atom. The molecule has 0 atom stereocenters. The van der Waals surface area contributed by atoms with E-state index in [-0.39, 0.29) is 0 Å². The maximum absolute atomic E-state index is 14.5. The molecule has 230 valence electrons. The van der Waals surface area contributed by atoms with E-state index in [9.17, 15) is 9.90 Å². The van der Waals surface area contributed by atoms with Gasteiger partial charge in [0.05, 0.1) is 0 Å². The van der Waals surface area contributed by atoms with E-state index in [1.165, 1.54) is 0 Å². The molecule has 0 bridgehead atoms. The molecule has 0 radical (unpaired) electrons. The summed E-state index contributed by atoms with van der Waals surface area (Å²) in [6, 6.07) is 59.3. The van der Waals surface area contributed by atoms with Crippen LogP contribution in [0.1, 0.15) is 10.4 Å². The molecule has 0 N–H and O–H groups in total. The van der Waals surface area contributed by atoms with Gasteiger partial charge in [-0.3, -0.25) is 9.69 Å². The number of aromatic nitrogens is 1. The SMILES string of the molecule is O=C(c1ccc(-c2ccccc2)cc1)N(C([O-])=N[n+]1c(-c2ccccc2)cc(-c2ccccc2)cc1-c1ccccc1)c1ccccc1. The number of carbonyl (C=O) groups excluding carboxylic acids is 1. The Labute approximate surface area is 280 Å². The molecule has 0 fully saturated rings. The monoisotopic (exact) mass is 621 g/mol. The highest BCUT2D eigenvalue weighted by Gasteiger charge is 2.26. The molecular weight excluding hydrogens is 590 g/mol. The summed E-state index contributed by atoms with van der Waals surface area (Å²) < 4.78 is 1.65. The number of nitrogens with zero attached hydrogens (tertiary/aromatic N) is 3. The summed E-state index contributed by atoms with van der Waals surface area (Å²) in [5, 5.41) is 19.2. The van der Waals surface area contributed by atoms with Crippen LogP contribution in [0.5, 0.6) is 0 Å². The van der Waals surface area contributed by atoms with Crippen molar-refractivity contribution in [3.63, 3.8) is 0 Å². The number of anilines is 1. The molecule has 7 rings (SSSR count). The third-order valence-electron chi connectivity index (χ3n) is 8.12. The summed E-state index contributed by atoms with van der Waals surface area (Å²) in [4.78, 5) is 15.3. The lowest BCUT2D eigenvalue weighted by atomic mass is 10.00. The van der Waals surface area contributed by atoms with Crippen LogP contribution in [0.25, 0.3) is 44.8 Å². The third-order valence-corrected chi connectivity index (χ3v) is 8.12. The Hall–Kier alpha value is -6.59. The summed E-state index contributed by atoms with van der Waals surface area (Å²) in [6.45, 7) is 0. The predicted octanol–water partition coefficient (Wildman–Crippen LogP) is 8.47. The zero-order valence-electron chi connectivity index (χ0n) is 26.1. The number of rotatable bonds is 7. The van der Waals surface area contributed by atoms with Crippen LogP contribution in [-0.2, 0) is 0 Å². The standard InChI is InChI=1S/C43H31N3O2/c47-42(37-28-26-34(27-29-37)32-16-6-1-7-17-32)45(39-24-14-5-15-25-39)43(48)44-46-40(35-20-10-3-11-21-35)30-38(33-18-8-2-9-19-33)31-41(46)36-22-12-4-13-23-36/h1-31H. The number of amidine groups is 1. The van der Waals surface area contributed by atoms with E-state index < -0.39 is 11.9 Å². The van der Waals surface area contributed by atoms with Gasteiger partial charge in [0.25, 0.3) is 5.91 Å². The number of pyridine rings is 1. The zero-order chi connectivity index (χ0) is 32.7. The van der Waals surface area contributed by atoms with E-state index in [1.54, 1.807) is 41.1 Å². The van der Waals surface area contributed by atoms with Crippen molar-refractivity contribution in [2.75, 3.05) is 4.90 Å². The maximum Gasteiger partial charge on any atom is 0.263 e. The highest BCUT2D eigenvalue weighted by molar-refractivity contribution is 6.19. The van der Waals surface area contributed by atoms with Gasteiger partial charge in [0.15, 0.2) is 0 Å². The van der Waals surface area contributed by atoms with Gasteiger partial charge in [-0.15, -0.1) is 0 Å². The number of amides is 1. The summed E-state index contributed by atoms with van der Waals surface area (Å²) >= 11 is 0. The number of hydrogen-bond donors (Lipinski definition) is 0. The normalized spacial score (nSPS) is 11.2. The first-order valence-corrected chi connectivity index (χ1v) is 15.7. The number of benzene rings is 6. The first kappa shape index (κ1) is 30.1. The second-order valence-electron chi connectivity index (χ2n) is 11.2. The number of hydrogen-bond acceptors (Lipinski definition) is 3. The maximum atomic E-state index is 14.5. The van der Waals surface area contributed by atoms with Crippen molar-refractivity contribution in [3.05, 3.63) is 194 Å². The molecule has 0 aliphatic rings. The van der Waals surface area contributed by atoms with E-state index in [0.717, 1.165) is 38.3 Å². The second kappa shape index (κ2) is 13.8. The lowest BCUT2D eigenvalue weighted by Crippen LogP contribution is -2.49. The Morgan fingerprint density at radius 1 is 0.458 bits per heavy atom. The molecule has 6 aromatic carbocycles. The Balaban J connectivity index is 1.40. The van der Waals surface area contributed by atoms with Crippen molar-refractivity contribution < 1.29 is 14.6 Å². The molecule has 0 saturated carbocycles. The van der Waals surface area contributed by atoms with Crippen LogP contribution in [0.3, 0.4) is 0 Å². The lowest BCUT2D eigenvalue weighted by molar-refractivity contribution is -0.659. The van der Waals surface area contributed by atoms with Crippen molar-refractivity contribution in [1.82, 2.24) is 0 Å². The van der Waals surface area contributed by atoms with E-state index in [4.69, 9.17) is 5.10 Å². The molecule has 5 nitrogen and oxygen atoms in total. The molecule has 7 aromatic rings. The highest BCUT2D eigenvalue weighted by Crippen LogP contribution is 2.29. The summed E-state index contributed by atoms with van der Waals surface area (Å²) in [5.74, 6) is -0.474. The fourth-order valence-corrected chi connectivity index (χ4v) is 5.71. The molecule has 1 aromatic heterocycles. The highest BCUT2D eigenvalue weighted by atomic mass is 16.3. The van der Waals surface area contributed by atoms with E-state index in [0.29, 0.717) is 22.6 Å². The molecule has 0 saturated heterocycles. The Kier molecular flexibility index (Phi) is 8.66. The van der Waals surface area contributed by atoms with Gasteiger partial charge >= 0.3 is 0 Å². The molecule has 48 heavy (non-hydrogen) atoms. The Bertz CT molecular complexity index is 2110. The molecule has 0 unspecified atom stereocenters. The molecule has 1 amide bonds. The molecule has 0 spiro atoms. The van der Waals surface area contributed by atoms with Crippen LogP contribution < -0.4 is 14.7 Å². The van der Waals surface area contributed by atoms with Gasteiger partial charge in [-0.05, 0) is 75.5 Å². The minimum Gasteiger partial charge on any atom is -0.841 e. The van der Waals surface area contributed by atoms with Crippen molar-refractivity contribution >= 4 is 17.6 Å². The molecule has 0 aliphatic carbocycles. The molecule has 1 heterocycles. The first-order chi connectivity index (χ1) is 23.7. The van der Waals surface area contributed by atoms with Crippen molar-refractivity contribution in [2.24, 2.45) is 5.10 Å². The van der Waals surface area contributed by atoms with Gasteiger partial charge in [-0.2, -0.15) is 0 Å². The number of para-hydroxylation sites is 1. The minimum absolute atomic E-state index is 0.373. The quantitative estimate of drug-likeness (QED) is 0.102. The van der Waals surface area contributed by atoms with Crippen LogP contribution >= 0.6 is 0 Å². The smallest absolute Gasteiger partial charge is 0.263 e. The van der Waals surface area contributed by atoms with Gasteiger partial charge in [-0.1, -0.05) is 127 Å². The van der Waals surface area contributed by atoms with Gasteiger partial charge in [0, 0.05) is 39.6 Å². The van der Waals surface area contributed by atoms with Gasteiger partial charge < -0.3 is 5.11 Å². The molecule has 0 aliphatic heterocycles. The topological polar surface area (TPSA) is 59.6 Å². The summed E-state index contributed by atoms with van der Waals surface area (Å²) in [7, 11) is 0. The summed E-state index contributed by atoms with van der Waals surface area (Å²) in [6.07, 6.45) is 0. The van der Waals surface area contributed by atoms with Gasteiger partial charge in [0.1, 0.15) is 6.02 Å². The summed E-state index contributed by atoms with van der Waals surface area (Å²) in [5.41, 5.74) is 7.98. The van der Waals surface area contributed by atoms with Crippen LogP contribution in [-0.4, -0.2) is 11.9 Å². The van der Waals surface area contributed by atoms with Crippen LogP contribution in [0.15, 0.2) is 193 Å². The van der Waals surface area contributed by atoms with Crippen LogP contribution in [0.2, 0.25) is 0 Å². The third kappa shape index (κ3) is 6.39.